The molecule has 0 radical (unpaired) electrons. The number of hydrogen-bond donors (Lipinski definition) is 2. The number of hydrogen-bond acceptors (Lipinski definition) is 5. The fourth-order valence-corrected chi connectivity index (χ4v) is 5.68. The van der Waals surface area contributed by atoms with Gasteiger partial charge in [-0.05, 0) is 53.6 Å². The molecule has 1 aliphatic rings. The van der Waals surface area contributed by atoms with Crippen LogP contribution in [0.25, 0.3) is 22.0 Å². The fraction of sp³-hybridized carbons (Fsp3) is 0.143. The highest BCUT2D eigenvalue weighted by molar-refractivity contribution is 6.31. The maximum atomic E-state index is 13.7. The summed E-state index contributed by atoms with van der Waals surface area (Å²) in [5, 5.41) is 10.3. The van der Waals surface area contributed by atoms with Crippen LogP contribution in [0.2, 0.25) is 5.02 Å². The summed E-state index contributed by atoms with van der Waals surface area (Å²) in [5.74, 6) is 0.0641. The number of carbonyl (C=O) groups excluding carboxylic acids is 2. The van der Waals surface area contributed by atoms with Gasteiger partial charge in [0, 0.05) is 46.4 Å². The van der Waals surface area contributed by atoms with Crippen molar-refractivity contribution in [1.29, 1.82) is 0 Å². The molecule has 4 aromatic carbocycles. The van der Waals surface area contributed by atoms with Crippen LogP contribution in [0.5, 0.6) is 5.75 Å². The molecule has 8 nitrogen and oxygen atoms in total. The smallest absolute Gasteiger partial charge is 0.258 e. The van der Waals surface area contributed by atoms with Crippen LogP contribution in [0.4, 0.5) is 5.69 Å². The first-order valence-corrected chi connectivity index (χ1v) is 14.6. The van der Waals surface area contributed by atoms with E-state index in [1.165, 1.54) is 5.01 Å². The number of H-pyrrole nitrogens is 1. The summed E-state index contributed by atoms with van der Waals surface area (Å²) in [6.45, 7) is 0. The highest BCUT2D eigenvalue weighted by atomic mass is 35.5. The number of nitrogens with one attached hydrogen (secondary N) is 2. The highest BCUT2D eigenvalue weighted by Crippen LogP contribution is 2.37. The number of nitrogens with zero attached hydrogens (tertiary/aromatic N) is 2. The van der Waals surface area contributed by atoms with Gasteiger partial charge in [0.2, 0.25) is 11.8 Å². The molecule has 0 fully saturated rings. The Balaban J connectivity index is 1.35. The van der Waals surface area contributed by atoms with Gasteiger partial charge >= 0.3 is 0 Å². The molecule has 9 heteroatoms. The third-order valence-electron chi connectivity index (χ3n) is 7.62. The third kappa shape index (κ3) is 5.98. The summed E-state index contributed by atoms with van der Waals surface area (Å²) >= 11 is 6.41. The van der Waals surface area contributed by atoms with Crippen LogP contribution >= 0.6 is 11.6 Å². The third-order valence-corrected chi connectivity index (χ3v) is 7.85. The van der Waals surface area contributed by atoms with E-state index in [1.807, 2.05) is 66.7 Å². The Morgan fingerprint density at radius 3 is 2.34 bits per heavy atom. The molecule has 0 spiro atoms. The molecule has 2 heterocycles. The van der Waals surface area contributed by atoms with Gasteiger partial charge in [0.25, 0.3) is 5.56 Å². The van der Waals surface area contributed by atoms with Gasteiger partial charge < -0.3 is 15.0 Å². The molecule has 1 aromatic heterocycles. The lowest BCUT2D eigenvalue weighted by Crippen LogP contribution is -2.28. The van der Waals surface area contributed by atoms with Crippen LogP contribution in [0.1, 0.15) is 36.4 Å². The highest BCUT2D eigenvalue weighted by Gasteiger charge is 2.35. The van der Waals surface area contributed by atoms with E-state index in [0.29, 0.717) is 45.2 Å². The predicted molar refractivity (Wildman–Crippen MR) is 173 cm³/mol. The van der Waals surface area contributed by atoms with Gasteiger partial charge in [-0.2, -0.15) is 5.10 Å². The van der Waals surface area contributed by atoms with Crippen molar-refractivity contribution in [3.63, 3.8) is 0 Å². The van der Waals surface area contributed by atoms with E-state index < -0.39 is 6.04 Å². The minimum absolute atomic E-state index is 0.0297. The molecular formula is C35H29ClN4O4. The lowest BCUT2D eigenvalue weighted by atomic mass is 9.91. The minimum Gasteiger partial charge on any atom is -0.497 e. The molecular weight excluding hydrogens is 576 g/mol. The zero-order valence-electron chi connectivity index (χ0n) is 23.9. The standard InChI is InChI=1S/C35H29ClN4O4/c1-44-26-15-13-25(14-16-26)37-31(41)18-19-32(42)40-30(22-8-4-2-5-9-22)21-29(39-40)34-33(23-10-6-3-7-11-23)27-20-24(36)12-17-28(27)38-35(34)43/h2-17,20,30H,18-19,21H2,1H3,(H,37,41)(H,38,43). The summed E-state index contributed by atoms with van der Waals surface area (Å²) in [5.41, 5.74) is 4.23. The first kappa shape index (κ1) is 28.9. The molecule has 6 rings (SSSR count). The molecule has 0 bridgehead atoms. The molecule has 1 unspecified atom stereocenters. The molecule has 1 atom stereocenters. The van der Waals surface area contributed by atoms with Gasteiger partial charge in [-0.1, -0.05) is 72.3 Å². The van der Waals surface area contributed by atoms with Crippen molar-refractivity contribution in [3.05, 3.63) is 130 Å². The molecule has 44 heavy (non-hydrogen) atoms. The maximum absolute atomic E-state index is 13.7. The van der Waals surface area contributed by atoms with Crippen LogP contribution in [0, 0.1) is 0 Å². The Labute approximate surface area is 258 Å². The number of aromatic amines is 1. The lowest BCUT2D eigenvalue weighted by Gasteiger charge is -2.22. The molecule has 0 saturated heterocycles. The number of benzene rings is 4. The van der Waals surface area contributed by atoms with Crippen molar-refractivity contribution in [2.75, 3.05) is 12.4 Å². The fourth-order valence-electron chi connectivity index (χ4n) is 5.50. The SMILES string of the molecule is COc1ccc(NC(=O)CCC(=O)N2N=C(c3c(-c4ccccc4)c4cc(Cl)ccc4[nH]c3=O)CC2c2ccccc2)cc1. The number of aromatic nitrogens is 1. The number of methoxy groups -OCH3 is 1. The van der Waals surface area contributed by atoms with E-state index >= 15 is 0 Å². The Morgan fingerprint density at radius 2 is 1.64 bits per heavy atom. The second-order valence-corrected chi connectivity index (χ2v) is 10.9. The van der Waals surface area contributed by atoms with E-state index in [-0.39, 0.29) is 30.2 Å². The van der Waals surface area contributed by atoms with Crippen LogP contribution in [0.3, 0.4) is 0 Å². The summed E-state index contributed by atoms with van der Waals surface area (Å²) < 4.78 is 5.16. The van der Waals surface area contributed by atoms with Crippen molar-refractivity contribution in [1.82, 2.24) is 9.99 Å². The second-order valence-electron chi connectivity index (χ2n) is 10.5. The topological polar surface area (TPSA) is 104 Å². The monoisotopic (exact) mass is 604 g/mol. The van der Waals surface area contributed by atoms with Crippen molar-refractivity contribution < 1.29 is 14.3 Å². The van der Waals surface area contributed by atoms with Crippen molar-refractivity contribution in [3.8, 4) is 16.9 Å². The van der Waals surface area contributed by atoms with Crippen molar-refractivity contribution >= 4 is 45.7 Å². The van der Waals surface area contributed by atoms with Gasteiger partial charge in [0.15, 0.2) is 0 Å². The van der Waals surface area contributed by atoms with E-state index in [1.54, 1.807) is 43.5 Å². The van der Waals surface area contributed by atoms with E-state index in [4.69, 9.17) is 21.4 Å². The zero-order chi connectivity index (χ0) is 30.6. The molecule has 0 saturated carbocycles. The van der Waals surface area contributed by atoms with E-state index in [9.17, 15) is 14.4 Å². The van der Waals surface area contributed by atoms with Crippen LogP contribution < -0.4 is 15.6 Å². The quantitative estimate of drug-likeness (QED) is 0.200. The Kier molecular flexibility index (Phi) is 8.25. The average molecular weight is 605 g/mol. The Morgan fingerprint density at radius 1 is 0.932 bits per heavy atom. The minimum atomic E-state index is -0.443. The van der Waals surface area contributed by atoms with Gasteiger partial charge in [0.1, 0.15) is 5.75 Å². The van der Waals surface area contributed by atoms with E-state index in [0.717, 1.165) is 16.5 Å². The number of pyridine rings is 1. The molecule has 0 aliphatic carbocycles. The molecule has 2 N–H and O–H groups in total. The number of amides is 2. The maximum Gasteiger partial charge on any atom is 0.258 e. The average Bonchev–Trinajstić information content (AvgIpc) is 3.49. The van der Waals surface area contributed by atoms with Gasteiger partial charge in [-0.15, -0.1) is 0 Å². The molecule has 2 amide bonds. The lowest BCUT2D eigenvalue weighted by molar-refractivity contribution is -0.134. The molecule has 220 valence electrons. The first-order valence-electron chi connectivity index (χ1n) is 14.2. The number of hydrazone groups is 1. The predicted octanol–water partition coefficient (Wildman–Crippen LogP) is 6.95. The van der Waals surface area contributed by atoms with Crippen molar-refractivity contribution in [2.24, 2.45) is 5.10 Å². The number of halogens is 1. The van der Waals surface area contributed by atoms with Gasteiger partial charge in [-0.3, -0.25) is 14.4 Å². The molecule has 5 aromatic rings. The van der Waals surface area contributed by atoms with Crippen LogP contribution in [0.15, 0.2) is 113 Å². The summed E-state index contributed by atoms with van der Waals surface area (Å²) in [4.78, 5) is 43.1. The van der Waals surface area contributed by atoms with E-state index in [2.05, 4.69) is 10.3 Å². The largest absolute Gasteiger partial charge is 0.497 e. The Bertz CT molecular complexity index is 1920. The number of anilines is 1. The van der Waals surface area contributed by atoms with Crippen LogP contribution in [-0.4, -0.2) is 34.6 Å². The summed E-state index contributed by atoms with van der Waals surface area (Å²) in [6, 6.07) is 31.0. The normalized spacial score (nSPS) is 14.4. The van der Waals surface area contributed by atoms with Gasteiger partial charge in [-0.25, -0.2) is 5.01 Å². The number of carbonyl (C=O) groups is 2. The summed E-state index contributed by atoms with van der Waals surface area (Å²) in [6.07, 6.45) is 0.234. The number of fused-ring (bicyclic) bond motifs is 1. The number of rotatable bonds is 8. The Hall–Kier alpha value is -5.21. The second kappa shape index (κ2) is 12.6. The number of ether oxygens (including phenoxy) is 1. The molecule has 1 aliphatic heterocycles. The van der Waals surface area contributed by atoms with Gasteiger partial charge in [0.05, 0.1) is 24.4 Å². The first-order chi connectivity index (χ1) is 21.4. The van der Waals surface area contributed by atoms with Crippen LogP contribution in [-0.2, 0) is 9.59 Å². The summed E-state index contributed by atoms with van der Waals surface area (Å²) in [7, 11) is 1.57. The van der Waals surface area contributed by atoms with Crippen molar-refractivity contribution in [2.45, 2.75) is 25.3 Å². The zero-order valence-corrected chi connectivity index (χ0v) is 24.7.